The molecule has 24 heavy (non-hydrogen) atoms. The Kier molecular flexibility index (Phi) is 4.25. The van der Waals surface area contributed by atoms with Crippen molar-refractivity contribution in [2.24, 2.45) is 5.92 Å². The zero-order valence-electron chi connectivity index (χ0n) is 13.0. The van der Waals surface area contributed by atoms with E-state index in [9.17, 15) is 19.4 Å². The summed E-state index contributed by atoms with van der Waals surface area (Å²) in [6.45, 7) is 4.43. The molecule has 0 amide bonds. The molecule has 0 aromatic heterocycles. The lowest BCUT2D eigenvalue weighted by Crippen LogP contribution is -2.08. The van der Waals surface area contributed by atoms with Gasteiger partial charge >= 0.3 is 5.97 Å². The summed E-state index contributed by atoms with van der Waals surface area (Å²) in [5.74, 6) is -1.20. The second-order valence-corrected chi connectivity index (χ2v) is 5.88. The molecule has 4 nitrogen and oxygen atoms in total. The molecule has 0 spiro atoms. The predicted molar refractivity (Wildman–Crippen MR) is 87.8 cm³/mol. The molecule has 2 aromatic carbocycles. The quantitative estimate of drug-likeness (QED) is 0.838. The minimum absolute atomic E-state index is 0.217. The molecule has 0 atom stereocenters. The molecule has 0 saturated heterocycles. The predicted octanol–water partition coefficient (Wildman–Crippen LogP) is 4.08. The van der Waals surface area contributed by atoms with Crippen molar-refractivity contribution < 1.29 is 24.1 Å². The molecular formula is C19H17FO4. The van der Waals surface area contributed by atoms with Gasteiger partial charge in [0.1, 0.15) is 22.9 Å². The van der Waals surface area contributed by atoms with Crippen LogP contribution in [0.2, 0.25) is 0 Å². The monoisotopic (exact) mass is 328 g/mol. The number of aromatic hydroxyl groups is 1. The van der Waals surface area contributed by atoms with Gasteiger partial charge in [-0.2, -0.15) is 0 Å². The molecule has 0 bridgehead atoms. The molecule has 2 N–H and O–H groups in total. The highest BCUT2D eigenvalue weighted by atomic mass is 19.1. The number of carboxylic acid groups (broad SMARTS) is 1. The number of phenols is 1. The topological polar surface area (TPSA) is 66.8 Å². The van der Waals surface area contributed by atoms with Crippen molar-refractivity contribution in [3.05, 3.63) is 65.5 Å². The highest BCUT2D eigenvalue weighted by Crippen LogP contribution is 2.39. The van der Waals surface area contributed by atoms with Gasteiger partial charge in [-0.1, -0.05) is 18.7 Å². The van der Waals surface area contributed by atoms with Crippen LogP contribution in [0.15, 0.2) is 43.0 Å². The van der Waals surface area contributed by atoms with Crippen LogP contribution in [0.3, 0.4) is 0 Å². The third-order valence-electron chi connectivity index (χ3n) is 4.02. The number of carboxylic acids is 1. The van der Waals surface area contributed by atoms with E-state index >= 15 is 0 Å². The Hall–Kier alpha value is -2.82. The fourth-order valence-electron chi connectivity index (χ4n) is 2.50. The standard InChI is InChI=1S/C19H17FO4/c1-11(13-4-6-14(20)7-5-13)17-16(24-10-12-2-3-12)9-8-15(21)18(17)19(22)23/h4-9,12,21H,1-3,10H2,(H,22,23). The first kappa shape index (κ1) is 16.1. The van der Waals surface area contributed by atoms with Gasteiger partial charge < -0.3 is 14.9 Å². The molecule has 124 valence electrons. The number of ether oxygens (including phenoxy) is 1. The second kappa shape index (κ2) is 6.35. The number of aromatic carboxylic acids is 1. The average molecular weight is 328 g/mol. The van der Waals surface area contributed by atoms with Crippen LogP contribution in [-0.2, 0) is 0 Å². The van der Waals surface area contributed by atoms with Crippen molar-refractivity contribution in [2.45, 2.75) is 12.8 Å². The van der Waals surface area contributed by atoms with E-state index in [1.165, 1.54) is 36.4 Å². The molecule has 1 aliphatic rings. The van der Waals surface area contributed by atoms with Gasteiger partial charge in [0.05, 0.1) is 6.61 Å². The van der Waals surface area contributed by atoms with Gasteiger partial charge in [-0.05, 0) is 54.2 Å². The minimum Gasteiger partial charge on any atom is -0.507 e. The molecule has 1 aliphatic carbocycles. The van der Waals surface area contributed by atoms with Gasteiger partial charge in [0.25, 0.3) is 0 Å². The van der Waals surface area contributed by atoms with Crippen LogP contribution in [0.5, 0.6) is 11.5 Å². The Morgan fingerprint density at radius 3 is 2.42 bits per heavy atom. The highest BCUT2D eigenvalue weighted by Gasteiger charge is 2.26. The maximum atomic E-state index is 13.1. The van der Waals surface area contributed by atoms with Gasteiger partial charge in [-0.3, -0.25) is 0 Å². The lowest BCUT2D eigenvalue weighted by Gasteiger charge is -2.17. The van der Waals surface area contributed by atoms with Crippen LogP contribution >= 0.6 is 0 Å². The van der Waals surface area contributed by atoms with E-state index in [2.05, 4.69) is 6.58 Å². The first-order valence-corrected chi connectivity index (χ1v) is 7.64. The number of hydrogen-bond acceptors (Lipinski definition) is 3. The molecule has 1 saturated carbocycles. The lowest BCUT2D eigenvalue weighted by atomic mass is 9.93. The lowest BCUT2D eigenvalue weighted by molar-refractivity contribution is 0.0692. The van der Waals surface area contributed by atoms with Crippen molar-refractivity contribution in [2.75, 3.05) is 6.61 Å². The summed E-state index contributed by atoms with van der Waals surface area (Å²) in [4.78, 5) is 11.6. The van der Waals surface area contributed by atoms with Crippen molar-refractivity contribution in [1.82, 2.24) is 0 Å². The van der Waals surface area contributed by atoms with E-state index in [1.807, 2.05) is 0 Å². The van der Waals surface area contributed by atoms with Crippen LogP contribution < -0.4 is 4.74 Å². The summed E-state index contributed by atoms with van der Waals surface area (Å²) in [7, 11) is 0. The van der Waals surface area contributed by atoms with Crippen molar-refractivity contribution in [3.8, 4) is 11.5 Å². The summed E-state index contributed by atoms with van der Waals surface area (Å²) in [5.41, 5.74) is 0.863. The Morgan fingerprint density at radius 2 is 1.83 bits per heavy atom. The first-order valence-electron chi connectivity index (χ1n) is 7.64. The zero-order chi connectivity index (χ0) is 17.3. The van der Waals surface area contributed by atoms with Gasteiger partial charge in [0.15, 0.2) is 0 Å². The molecule has 0 heterocycles. The van der Waals surface area contributed by atoms with E-state index in [-0.39, 0.29) is 16.9 Å². The second-order valence-electron chi connectivity index (χ2n) is 5.88. The molecule has 5 heteroatoms. The summed E-state index contributed by atoms with van der Waals surface area (Å²) in [6, 6.07) is 8.40. The molecule has 0 aliphatic heterocycles. The molecule has 2 aromatic rings. The summed E-state index contributed by atoms with van der Waals surface area (Å²) < 4.78 is 18.9. The fraction of sp³-hybridized carbons (Fsp3) is 0.211. The molecular weight excluding hydrogens is 311 g/mol. The molecule has 3 rings (SSSR count). The van der Waals surface area contributed by atoms with Gasteiger partial charge in [-0.15, -0.1) is 0 Å². The van der Waals surface area contributed by atoms with Crippen molar-refractivity contribution >= 4 is 11.5 Å². The van der Waals surface area contributed by atoms with Crippen molar-refractivity contribution in [3.63, 3.8) is 0 Å². The van der Waals surface area contributed by atoms with Crippen molar-refractivity contribution in [1.29, 1.82) is 0 Å². The molecule has 0 radical (unpaired) electrons. The maximum absolute atomic E-state index is 13.1. The zero-order valence-corrected chi connectivity index (χ0v) is 13.0. The Balaban J connectivity index is 2.06. The van der Waals surface area contributed by atoms with Crippen LogP contribution in [0, 0.1) is 11.7 Å². The van der Waals surface area contributed by atoms with E-state index in [4.69, 9.17) is 4.74 Å². The average Bonchev–Trinajstić information content (AvgIpc) is 3.37. The third kappa shape index (κ3) is 3.25. The summed E-state index contributed by atoms with van der Waals surface area (Å²) >= 11 is 0. The Morgan fingerprint density at radius 1 is 1.17 bits per heavy atom. The smallest absolute Gasteiger partial charge is 0.340 e. The SMILES string of the molecule is C=C(c1ccc(F)cc1)c1c(OCC2CC2)ccc(O)c1C(=O)O. The number of hydrogen-bond donors (Lipinski definition) is 2. The summed E-state index contributed by atoms with van der Waals surface area (Å²) in [6.07, 6.45) is 2.19. The number of rotatable bonds is 6. The third-order valence-corrected chi connectivity index (χ3v) is 4.02. The van der Waals surface area contributed by atoms with Crippen LogP contribution in [0.1, 0.15) is 34.3 Å². The normalized spacial score (nSPS) is 13.5. The van der Waals surface area contributed by atoms with Crippen LogP contribution in [-0.4, -0.2) is 22.8 Å². The first-order chi connectivity index (χ1) is 11.5. The van der Waals surface area contributed by atoms with Gasteiger partial charge in [0.2, 0.25) is 0 Å². The maximum Gasteiger partial charge on any atom is 0.340 e. The Bertz CT molecular complexity index is 792. The van der Waals surface area contributed by atoms with Crippen LogP contribution in [0.4, 0.5) is 4.39 Å². The van der Waals surface area contributed by atoms with E-state index in [0.29, 0.717) is 29.4 Å². The molecule has 1 fully saturated rings. The van der Waals surface area contributed by atoms with Gasteiger partial charge in [-0.25, -0.2) is 9.18 Å². The fourth-order valence-corrected chi connectivity index (χ4v) is 2.50. The van der Waals surface area contributed by atoms with Crippen LogP contribution in [0.25, 0.3) is 5.57 Å². The number of halogens is 1. The number of benzene rings is 2. The highest BCUT2D eigenvalue weighted by molar-refractivity contribution is 6.00. The summed E-state index contributed by atoms with van der Waals surface area (Å²) in [5, 5.41) is 19.5. The van der Waals surface area contributed by atoms with E-state index in [1.54, 1.807) is 0 Å². The van der Waals surface area contributed by atoms with E-state index < -0.39 is 11.8 Å². The largest absolute Gasteiger partial charge is 0.507 e. The number of carbonyl (C=O) groups is 1. The van der Waals surface area contributed by atoms with Gasteiger partial charge in [0, 0.05) is 5.56 Å². The Labute approximate surface area is 138 Å². The molecule has 0 unspecified atom stereocenters. The van der Waals surface area contributed by atoms with E-state index in [0.717, 1.165) is 12.8 Å². The minimum atomic E-state index is -1.28.